The van der Waals surface area contributed by atoms with Crippen molar-refractivity contribution < 1.29 is 14.0 Å². The lowest BCUT2D eigenvalue weighted by atomic mass is 9.73. The van der Waals surface area contributed by atoms with E-state index in [-0.39, 0.29) is 24.2 Å². The van der Waals surface area contributed by atoms with Gasteiger partial charge in [0.05, 0.1) is 5.41 Å². The van der Waals surface area contributed by atoms with Crippen molar-refractivity contribution in [2.45, 2.75) is 45.1 Å². The highest BCUT2D eigenvalue weighted by Gasteiger charge is 2.51. The number of carbonyl (C=O) groups excluding carboxylic acids is 2. The Hall–Kier alpha value is -2.02. The van der Waals surface area contributed by atoms with Crippen LogP contribution in [-0.4, -0.2) is 26.9 Å². The van der Waals surface area contributed by atoms with Crippen molar-refractivity contribution in [2.75, 3.05) is 0 Å². The standard InChI is InChI=1S/C18H18BrN3O3/c19-13-6-4-12(5-7-13)16-21-20-14(25-16)11-22-15(23)10-18(17(22)24)8-2-1-3-9-18/h4-7H,1-3,8-11H2. The molecule has 4 rings (SSSR count). The fraction of sp³-hybridized carbons (Fsp3) is 0.444. The minimum atomic E-state index is -0.482. The van der Waals surface area contributed by atoms with Crippen molar-refractivity contribution in [3.05, 3.63) is 34.6 Å². The van der Waals surface area contributed by atoms with E-state index in [2.05, 4.69) is 26.1 Å². The molecule has 2 aromatic rings. The Kier molecular flexibility index (Phi) is 4.19. The van der Waals surface area contributed by atoms with Crippen LogP contribution in [0.3, 0.4) is 0 Å². The molecule has 2 heterocycles. The number of likely N-dealkylation sites (tertiary alicyclic amines) is 1. The highest BCUT2D eigenvalue weighted by molar-refractivity contribution is 9.10. The average molecular weight is 404 g/mol. The lowest BCUT2D eigenvalue weighted by Gasteiger charge is -2.30. The molecule has 0 atom stereocenters. The van der Waals surface area contributed by atoms with Gasteiger partial charge in [0.1, 0.15) is 6.54 Å². The molecule has 1 aliphatic heterocycles. The zero-order valence-corrected chi connectivity index (χ0v) is 15.3. The molecule has 1 aromatic heterocycles. The second-order valence-corrected chi connectivity index (χ2v) is 7.73. The molecule has 2 fully saturated rings. The number of benzene rings is 1. The first-order valence-electron chi connectivity index (χ1n) is 8.51. The molecule has 2 amide bonds. The van der Waals surface area contributed by atoms with Gasteiger partial charge >= 0.3 is 0 Å². The van der Waals surface area contributed by atoms with Crippen LogP contribution in [0.2, 0.25) is 0 Å². The highest BCUT2D eigenvalue weighted by atomic mass is 79.9. The minimum absolute atomic E-state index is 0.0585. The first-order valence-corrected chi connectivity index (χ1v) is 9.30. The predicted molar refractivity (Wildman–Crippen MR) is 93.1 cm³/mol. The van der Waals surface area contributed by atoms with E-state index in [1.807, 2.05) is 24.3 Å². The number of amides is 2. The van der Waals surface area contributed by atoms with Crippen molar-refractivity contribution in [3.8, 4) is 11.5 Å². The van der Waals surface area contributed by atoms with Crippen LogP contribution in [0.4, 0.5) is 0 Å². The first kappa shape index (κ1) is 16.4. The molecule has 25 heavy (non-hydrogen) atoms. The topological polar surface area (TPSA) is 76.3 Å². The Morgan fingerprint density at radius 2 is 1.80 bits per heavy atom. The van der Waals surface area contributed by atoms with Crippen LogP contribution in [0, 0.1) is 5.41 Å². The second-order valence-electron chi connectivity index (χ2n) is 6.81. The summed E-state index contributed by atoms with van der Waals surface area (Å²) in [5, 5.41) is 8.04. The molecule has 6 nitrogen and oxygen atoms in total. The van der Waals surface area contributed by atoms with E-state index in [1.165, 1.54) is 4.90 Å². The molecular weight excluding hydrogens is 386 g/mol. The normalized spacial score (nSPS) is 19.8. The number of halogens is 1. The Morgan fingerprint density at radius 3 is 2.52 bits per heavy atom. The van der Waals surface area contributed by atoms with Gasteiger partial charge in [-0.05, 0) is 37.1 Å². The number of hydrogen-bond acceptors (Lipinski definition) is 5. The maximum absolute atomic E-state index is 12.8. The predicted octanol–water partition coefficient (Wildman–Crippen LogP) is 3.71. The summed E-state index contributed by atoms with van der Waals surface area (Å²) in [5.74, 6) is 0.470. The molecule has 1 saturated heterocycles. The van der Waals surface area contributed by atoms with Gasteiger partial charge in [-0.3, -0.25) is 14.5 Å². The van der Waals surface area contributed by atoms with Gasteiger partial charge in [0.15, 0.2) is 0 Å². The van der Waals surface area contributed by atoms with Gasteiger partial charge in [-0.15, -0.1) is 10.2 Å². The summed E-state index contributed by atoms with van der Waals surface area (Å²) >= 11 is 3.38. The van der Waals surface area contributed by atoms with Crippen molar-refractivity contribution in [2.24, 2.45) is 5.41 Å². The summed E-state index contributed by atoms with van der Waals surface area (Å²) in [5.41, 5.74) is 0.314. The summed E-state index contributed by atoms with van der Waals surface area (Å²) in [6, 6.07) is 7.51. The minimum Gasteiger partial charge on any atom is -0.419 e. The van der Waals surface area contributed by atoms with Gasteiger partial charge in [-0.2, -0.15) is 0 Å². The van der Waals surface area contributed by atoms with Gasteiger partial charge in [-0.25, -0.2) is 0 Å². The second kappa shape index (κ2) is 6.37. The van der Waals surface area contributed by atoms with Crippen LogP contribution < -0.4 is 0 Å². The third-order valence-electron chi connectivity index (χ3n) is 5.15. The fourth-order valence-electron chi connectivity index (χ4n) is 3.80. The summed E-state index contributed by atoms with van der Waals surface area (Å²) < 4.78 is 6.62. The van der Waals surface area contributed by atoms with E-state index in [9.17, 15) is 9.59 Å². The van der Waals surface area contributed by atoms with Crippen LogP contribution >= 0.6 is 15.9 Å². The number of carbonyl (C=O) groups is 2. The van der Waals surface area contributed by atoms with Gasteiger partial charge in [0, 0.05) is 16.5 Å². The summed E-state index contributed by atoms with van der Waals surface area (Å²) in [4.78, 5) is 26.5. The third-order valence-corrected chi connectivity index (χ3v) is 5.68. The molecule has 0 radical (unpaired) electrons. The van der Waals surface area contributed by atoms with Crippen molar-refractivity contribution >= 4 is 27.7 Å². The van der Waals surface area contributed by atoms with E-state index in [0.717, 1.165) is 42.1 Å². The third kappa shape index (κ3) is 3.01. The van der Waals surface area contributed by atoms with Gasteiger partial charge in [0.25, 0.3) is 0 Å². The molecule has 0 N–H and O–H groups in total. The number of nitrogens with zero attached hydrogens (tertiary/aromatic N) is 3. The van der Waals surface area contributed by atoms with Crippen molar-refractivity contribution in [1.29, 1.82) is 0 Å². The largest absolute Gasteiger partial charge is 0.419 e. The van der Waals surface area contributed by atoms with E-state index >= 15 is 0 Å². The average Bonchev–Trinajstić information content (AvgIpc) is 3.16. The van der Waals surface area contributed by atoms with Crippen LogP contribution in [0.15, 0.2) is 33.2 Å². The van der Waals surface area contributed by atoms with E-state index < -0.39 is 5.41 Å². The molecule has 2 aliphatic rings. The highest BCUT2D eigenvalue weighted by Crippen LogP contribution is 2.45. The molecule has 1 aromatic carbocycles. The quantitative estimate of drug-likeness (QED) is 0.729. The summed E-state index contributed by atoms with van der Waals surface area (Å²) in [6.07, 6.45) is 5.11. The number of hydrogen-bond donors (Lipinski definition) is 0. The first-order chi connectivity index (χ1) is 12.1. The Morgan fingerprint density at radius 1 is 1.08 bits per heavy atom. The number of rotatable bonds is 3. The molecule has 130 valence electrons. The number of aromatic nitrogens is 2. The van der Waals surface area contributed by atoms with E-state index in [1.54, 1.807) is 0 Å². The van der Waals surface area contributed by atoms with Crippen molar-refractivity contribution in [3.63, 3.8) is 0 Å². The van der Waals surface area contributed by atoms with Crippen LogP contribution in [-0.2, 0) is 16.1 Å². The molecule has 0 unspecified atom stereocenters. The molecule has 1 saturated carbocycles. The smallest absolute Gasteiger partial charge is 0.247 e. The lowest BCUT2D eigenvalue weighted by Crippen LogP contribution is -2.36. The zero-order valence-electron chi connectivity index (χ0n) is 13.7. The molecule has 7 heteroatoms. The van der Waals surface area contributed by atoms with E-state index in [4.69, 9.17) is 4.42 Å². The Balaban J connectivity index is 1.51. The molecule has 1 aliphatic carbocycles. The van der Waals surface area contributed by atoms with E-state index in [0.29, 0.717) is 12.3 Å². The maximum atomic E-state index is 12.8. The molecule has 0 bridgehead atoms. The van der Waals surface area contributed by atoms with Crippen LogP contribution in [0.1, 0.15) is 44.4 Å². The van der Waals surface area contributed by atoms with Gasteiger partial charge in [0.2, 0.25) is 23.6 Å². The van der Waals surface area contributed by atoms with Crippen LogP contribution in [0.5, 0.6) is 0 Å². The zero-order chi connectivity index (χ0) is 17.4. The Labute approximate surface area is 153 Å². The van der Waals surface area contributed by atoms with Crippen molar-refractivity contribution in [1.82, 2.24) is 15.1 Å². The molecular formula is C18H18BrN3O3. The van der Waals surface area contributed by atoms with Crippen LogP contribution in [0.25, 0.3) is 11.5 Å². The summed E-state index contributed by atoms with van der Waals surface area (Å²) in [6.45, 7) is 0.0585. The van der Waals surface area contributed by atoms with Gasteiger partial charge in [-0.1, -0.05) is 35.2 Å². The lowest BCUT2D eigenvalue weighted by molar-refractivity contribution is -0.143. The monoisotopic (exact) mass is 403 g/mol. The summed E-state index contributed by atoms with van der Waals surface area (Å²) in [7, 11) is 0. The Bertz CT molecular complexity index is 809. The fourth-order valence-corrected chi connectivity index (χ4v) is 4.07. The molecule has 1 spiro atoms. The SMILES string of the molecule is O=C1CC2(CCCCC2)C(=O)N1Cc1nnc(-c2ccc(Br)cc2)o1. The maximum Gasteiger partial charge on any atom is 0.247 e. The van der Waals surface area contributed by atoms with Gasteiger partial charge < -0.3 is 4.42 Å². The number of imide groups is 1.